The minimum absolute atomic E-state index is 0.144. The van der Waals surface area contributed by atoms with Gasteiger partial charge in [-0.15, -0.1) is 0 Å². The maximum absolute atomic E-state index is 12.4. The second kappa shape index (κ2) is 17.9. The molecule has 14 atom stereocenters. The zero-order chi connectivity index (χ0) is 36.9. The maximum Gasteiger partial charge on any atom is 0.305 e. The first-order valence-corrected chi connectivity index (χ1v) is 21.2. The van der Waals surface area contributed by atoms with Crippen molar-refractivity contribution in [2.45, 2.75) is 188 Å². The molecule has 51 heavy (non-hydrogen) atoms. The third-order valence-corrected chi connectivity index (χ3v) is 14.9. The second-order valence-electron chi connectivity index (χ2n) is 18.3. The minimum Gasteiger partial charge on any atom is -0.463 e. The van der Waals surface area contributed by atoms with Crippen molar-refractivity contribution in [3.63, 3.8) is 0 Å². The van der Waals surface area contributed by atoms with E-state index in [0.717, 1.165) is 62.7 Å². The van der Waals surface area contributed by atoms with E-state index >= 15 is 0 Å². The number of aliphatic hydroxyl groups excluding tert-OH is 3. The van der Waals surface area contributed by atoms with Gasteiger partial charge in [-0.3, -0.25) is 4.79 Å². The van der Waals surface area contributed by atoms with Crippen LogP contribution in [0.3, 0.4) is 0 Å². The lowest BCUT2D eigenvalue weighted by molar-refractivity contribution is -0.313. The van der Waals surface area contributed by atoms with Crippen LogP contribution in [0.5, 0.6) is 0 Å². The number of ether oxygens (including phenoxy) is 3. The first-order chi connectivity index (χ1) is 24.3. The van der Waals surface area contributed by atoms with Crippen molar-refractivity contribution < 1.29 is 34.3 Å². The topological polar surface area (TPSA) is 105 Å². The van der Waals surface area contributed by atoms with Crippen LogP contribution < -0.4 is 0 Å². The number of allylic oxidation sites excluding steroid dienone is 3. The van der Waals surface area contributed by atoms with Crippen molar-refractivity contribution in [1.82, 2.24) is 0 Å². The monoisotopic (exact) mass is 715 g/mol. The summed E-state index contributed by atoms with van der Waals surface area (Å²) in [4.78, 5) is 12.4. The first kappa shape index (κ1) is 40.9. The number of esters is 1. The van der Waals surface area contributed by atoms with Gasteiger partial charge >= 0.3 is 5.97 Å². The molecule has 1 aliphatic heterocycles. The lowest BCUT2D eigenvalue weighted by Gasteiger charge is -2.58. The average molecular weight is 715 g/mol. The fraction of sp³-hybridized carbons (Fsp3) is 0.886. The highest BCUT2D eigenvalue weighted by molar-refractivity contribution is 5.69. The highest BCUT2D eigenvalue weighted by atomic mass is 16.7. The molecule has 14 unspecified atom stereocenters. The van der Waals surface area contributed by atoms with Crippen LogP contribution in [0.2, 0.25) is 0 Å². The first-order valence-electron chi connectivity index (χ1n) is 21.2. The number of hydrogen-bond donors (Lipinski definition) is 3. The van der Waals surface area contributed by atoms with E-state index in [-0.39, 0.29) is 24.1 Å². The van der Waals surface area contributed by atoms with Gasteiger partial charge in [0.2, 0.25) is 0 Å². The Labute approximate surface area is 310 Å². The summed E-state index contributed by atoms with van der Waals surface area (Å²) in [5, 5.41) is 32.2. The van der Waals surface area contributed by atoms with Crippen molar-refractivity contribution >= 4 is 5.97 Å². The normalized spacial score (nSPS) is 40.7. The van der Waals surface area contributed by atoms with E-state index in [4.69, 9.17) is 14.2 Å². The molecule has 7 heteroatoms. The van der Waals surface area contributed by atoms with Gasteiger partial charge in [0.15, 0.2) is 6.29 Å². The highest BCUT2D eigenvalue weighted by Gasteiger charge is 2.59. The molecule has 3 saturated carbocycles. The Bertz CT molecular complexity index is 1180. The Kier molecular flexibility index (Phi) is 14.4. The molecule has 0 amide bonds. The van der Waals surface area contributed by atoms with E-state index in [9.17, 15) is 20.1 Å². The Morgan fingerprint density at radius 2 is 1.67 bits per heavy atom. The number of carbonyl (C=O) groups excluding carboxylic acids is 1. The van der Waals surface area contributed by atoms with E-state index < -0.39 is 30.7 Å². The van der Waals surface area contributed by atoms with Crippen molar-refractivity contribution in [1.29, 1.82) is 0 Å². The van der Waals surface area contributed by atoms with E-state index in [1.807, 2.05) is 0 Å². The molecular formula is C44H74O7. The Hall–Kier alpha value is -1.25. The number of unbranched alkanes of at least 4 members (excludes halogenated alkanes) is 5. The molecule has 0 aromatic carbocycles. The van der Waals surface area contributed by atoms with Gasteiger partial charge in [-0.2, -0.15) is 0 Å². The quantitative estimate of drug-likeness (QED) is 0.0833. The SMILES string of the molecule is CCCCCCCCC(=O)OCC1OC(OC2CCC3(C)C(=CCC4C3CCC3(C)C(C(C)/C=C/C(CC)C(C)C)CCC43)C2)C(O)C(O)C1O. The maximum atomic E-state index is 12.4. The molecule has 0 radical (unpaired) electrons. The van der Waals surface area contributed by atoms with Gasteiger partial charge in [-0.1, -0.05) is 104 Å². The molecule has 0 spiro atoms. The molecular weight excluding hydrogens is 640 g/mol. The van der Waals surface area contributed by atoms with Gasteiger partial charge < -0.3 is 29.5 Å². The largest absolute Gasteiger partial charge is 0.463 e. The fourth-order valence-corrected chi connectivity index (χ4v) is 11.6. The smallest absolute Gasteiger partial charge is 0.305 e. The predicted molar refractivity (Wildman–Crippen MR) is 203 cm³/mol. The van der Waals surface area contributed by atoms with Crippen molar-refractivity contribution in [2.24, 2.45) is 52.3 Å². The summed E-state index contributed by atoms with van der Waals surface area (Å²) in [5.74, 6) is 4.62. The molecule has 3 N–H and O–H groups in total. The fourth-order valence-electron chi connectivity index (χ4n) is 11.6. The summed E-state index contributed by atoms with van der Waals surface area (Å²) >= 11 is 0. The molecule has 0 bridgehead atoms. The minimum atomic E-state index is -1.44. The van der Waals surface area contributed by atoms with Gasteiger partial charge in [0.05, 0.1) is 6.10 Å². The van der Waals surface area contributed by atoms with Gasteiger partial charge in [0, 0.05) is 6.42 Å². The molecule has 7 nitrogen and oxygen atoms in total. The van der Waals surface area contributed by atoms with E-state index in [0.29, 0.717) is 35.5 Å². The molecule has 292 valence electrons. The molecule has 0 aromatic rings. The van der Waals surface area contributed by atoms with Crippen molar-refractivity contribution in [2.75, 3.05) is 6.61 Å². The van der Waals surface area contributed by atoms with Crippen LogP contribution in [0.15, 0.2) is 23.8 Å². The summed E-state index contributed by atoms with van der Waals surface area (Å²) in [6, 6.07) is 0. The molecule has 0 aromatic heterocycles. The van der Waals surface area contributed by atoms with E-state index in [1.165, 1.54) is 56.9 Å². The second-order valence-corrected chi connectivity index (χ2v) is 18.3. The van der Waals surface area contributed by atoms with Crippen LogP contribution in [0.1, 0.15) is 151 Å². The zero-order valence-electron chi connectivity index (χ0n) is 33.2. The molecule has 1 heterocycles. The number of rotatable bonds is 16. The zero-order valence-corrected chi connectivity index (χ0v) is 33.2. The Morgan fingerprint density at radius 3 is 2.39 bits per heavy atom. The number of hydrogen-bond acceptors (Lipinski definition) is 7. The van der Waals surface area contributed by atoms with Gasteiger partial charge in [0.1, 0.15) is 31.0 Å². The lowest BCUT2D eigenvalue weighted by Crippen LogP contribution is -2.60. The van der Waals surface area contributed by atoms with Gasteiger partial charge in [-0.05, 0) is 116 Å². The third-order valence-electron chi connectivity index (χ3n) is 14.9. The highest BCUT2D eigenvalue weighted by Crippen LogP contribution is 2.67. The molecule has 5 rings (SSSR count). The van der Waals surface area contributed by atoms with Crippen LogP contribution in [-0.4, -0.2) is 64.7 Å². The van der Waals surface area contributed by atoms with Crippen molar-refractivity contribution in [3.8, 4) is 0 Å². The van der Waals surface area contributed by atoms with Gasteiger partial charge in [0.25, 0.3) is 0 Å². The molecule has 4 fully saturated rings. The number of fused-ring (bicyclic) bond motifs is 5. The predicted octanol–water partition coefficient (Wildman–Crippen LogP) is 8.93. The average Bonchev–Trinajstić information content (AvgIpc) is 3.47. The summed E-state index contributed by atoms with van der Waals surface area (Å²) in [6.45, 7) is 16.6. The summed E-state index contributed by atoms with van der Waals surface area (Å²) in [7, 11) is 0. The van der Waals surface area contributed by atoms with Crippen LogP contribution in [0.25, 0.3) is 0 Å². The van der Waals surface area contributed by atoms with Crippen LogP contribution in [-0.2, 0) is 19.0 Å². The number of aliphatic hydroxyl groups is 3. The molecule has 4 aliphatic carbocycles. The van der Waals surface area contributed by atoms with E-state index in [1.54, 1.807) is 0 Å². The van der Waals surface area contributed by atoms with Crippen LogP contribution in [0.4, 0.5) is 0 Å². The summed E-state index contributed by atoms with van der Waals surface area (Å²) in [5.41, 5.74) is 2.05. The Balaban J connectivity index is 1.16. The Morgan fingerprint density at radius 1 is 0.922 bits per heavy atom. The van der Waals surface area contributed by atoms with E-state index in [2.05, 4.69) is 66.7 Å². The van der Waals surface area contributed by atoms with Crippen LogP contribution in [0, 0.1) is 52.3 Å². The molecule has 5 aliphatic rings. The lowest BCUT2D eigenvalue weighted by atomic mass is 9.47. The van der Waals surface area contributed by atoms with Crippen LogP contribution >= 0.6 is 0 Å². The summed E-state index contributed by atoms with van der Waals surface area (Å²) < 4.78 is 17.8. The standard InChI is InChI=1S/C44H74O7/c1-8-10-11-12-13-14-15-38(45)49-27-37-39(46)40(47)41(48)42(51-37)50-32-22-24-43(6)31(26-32)18-19-33-35-21-20-34(44(35,7)25-23-36(33)43)29(5)16-17-30(9-2)28(3)4/h16-18,28-30,32-37,39-42,46-48H,8-15,19-27H2,1-7H3/b17-16+. The molecule has 1 saturated heterocycles. The summed E-state index contributed by atoms with van der Waals surface area (Å²) in [6.07, 6.45) is 18.4. The number of carbonyl (C=O) groups is 1. The third kappa shape index (κ3) is 9.01. The van der Waals surface area contributed by atoms with Gasteiger partial charge in [-0.25, -0.2) is 0 Å². The van der Waals surface area contributed by atoms with Crippen molar-refractivity contribution in [3.05, 3.63) is 23.8 Å².